The Bertz CT molecular complexity index is 149. The lowest BCUT2D eigenvalue weighted by Crippen LogP contribution is -2.35. The smallest absolute Gasteiger partial charge is 0.0107 e. The van der Waals surface area contributed by atoms with Crippen LogP contribution in [0.1, 0.15) is 34.1 Å². The van der Waals surface area contributed by atoms with E-state index in [1.54, 1.807) is 0 Å². The molecule has 2 heteroatoms. The van der Waals surface area contributed by atoms with Crippen molar-refractivity contribution in [2.24, 2.45) is 5.41 Å². The molecule has 1 rings (SSSR count). The summed E-state index contributed by atoms with van der Waals surface area (Å²) in [6.45, 7) is 14.1. The van der Waals surface area contributed by atoms with Crippen LogP contribution in [0.3, 0.4) is 0 Å². The molecule has 78 valence electrons. The van der Waals surface area contributed by atoms with Crippen LogP contribution in [0.2, 0.25) is 0 Å². The summed E-state index contributed by atoms with van der Waals surface area (Å²) in [5.41, 5.74) is 0.438. The SMILES string of the molecule is CC1CCN(CC(C)(C)C)CCN1. The third-order valence-corrected chi connectivity index (χ3v) is 2.50. The van der Waals surface area contributed by atoms with Gasteiger partial charge in [-0.15, -0.1) is 0 Å². The molecule has 0 aromatic carbocycles. The lowest BCUT2D eigenvalue weighted by molar-refractivity contribution is 0.201. The molecule has 1 fully saturated rings. The van der Waals surface area contributed by atoms with Crippen molar-refractivity contribution in [2.45, 2.75) is 40.2 Å². The zero-order valence-corrected chi connectivity index (χ0v) is 9.56. The van der Waals surface area contributed by atoms with Crippen molar-refractivity contribution in [3.8, 4) is 0 Å². The van der Waals surface area contributed by atoms with Crippen molar-refractivity contribution in [1.82, 2.24) is 10.2 Å². The van der Waals surface area contributed by atoms with Gasteiger partial charge in [0.05, 0.1) is 0 Å². The van der Waals surface area contributed by atoms with Gasteiger partial charge in [0.2, 0.25) is 0 Å². The highest BCUT2D eigenvalue weighted by atomic mass is 15.2. The van der Waals surface area contributed by atoms with Crippen molar-refractivity contribution in [2.75, 3.05) is 26.2 Å². The maximum absolute atomic E-state index is 3.52. The molecule has 0 saturated carbocycles. The van der Waals surface area contributed by atoms with Crippen molar-refractivity contribution in [1.29, 1.82) is 0 Å². The predicted octanol–water partition coefficient (Wildman–Crippen LogP) is 1.72. The second kappa shape index (κ2) is 4.43. The first-order valence-corrected chi connectivity index (χ1v) is 5.43. The molecule has 0 radical (unpaired) electrons. The Hall–Kier alpha value is -0.0800. The summed E-state index contributed by atoms with van der Waals surface area (Å²) in [6, 6.07) is 0.699. The van der Waals surface area contributed by atoms with Gasteiger partial charge in [0.25, 0.3) is 0 Å². The Morgan fingerprint density at radius 1 is 1.31 bits per heavy atom. The molecule has 13 heavy (non-hydrogen) atoms. The van der Waals surface area contributed by atoms with Gasteiger partial charge in [-0.25, -0.2) is 0 Å². The molecule has 1 heterocycles. The maximum Gasteiger partial charge on any atom is 0.0107 e. The number of hydrogen-bond acceptors (Lipinski definition) is 2. The zero-order chi connectivity index (χ0) is 9.90. The van der Waals surface area contributed by atoms with Crippen molar-refractivity contribution < 1.29 is 0 Å². The summed E-state index contributed by atoms with van der Waals surface area (Å²) in [7, 11) is 0. The second-order valence-corrected chi connectivity index (χ2v) is 5.48. The standard InChI is InChI=1S/C11H24N2/c1-10-5-7-13(8-6-12-10)9-11(2,3)4/h10,12H,5-9H2,1-4H3. The van der Waals surface area contributed by atoms with Crippen LogP contribution in [0, 0.1) is 5.41 Å². The predicted molar refractivity (Wildman–Crippen MR) is 58.0 cm³/mol. The Balaban J connectivity index is 2.34. The highest BCUT2D eigenvalue weighted by molar-refractivity contribution is 4.75. The first-order chi connectivity index (χ1) is 5.97. The minimum Gasteiger partial charge on any atom is -0.313 e. The molecule has 1 N–H and O–H groups in total. The highest BCUT2D eigenvalue weighted by Gasteiger charge is 2.18. The average Bonchev–Trinajstić information content (AvgIpc) is 2.12. The third-order valence-electron chi connectivity index (χ3n) is 2.50. The Morgan fingerprint density at radius 2 is 2.00 bits per heavy atom. The summed E-state index contributed by atoms with van der Waals surface area (Å²) in [6.07, 6.45) is 1.29. The fourth-order valence-corrected chi connectivity index (χ4v) is 1.89. The van der Waals surface area contributed by atoms with E-state index in [2.05, 4.69) is 37.9 Å². The molecule has 0 spiro atoms. The largest absolute Gasteiger partial charge is 0.313 e. The quantitative estimate of drug-likeness (QED) is 0.667. The van der Waals surface area contributed by atoms with E-state index in [0.29, 0.717) is 11.5 Å². The molecule has 1 atom stereocenters. The fraction of sp³-hybridized carbons (Fsp3) is 1.00. The van der Waals surface area contributed by atoms with Gasteiger partial charge in [0.1, 0.15) is 0 Å². The second-order valence-electron chi connectivity index (χ2n) is 5.48. The monoisotopic (exact) mass is 184 g/mol. The third kappa shape index (κ3) is 4.63. The van der Waals surface area contributed by atoms with Crippen LogP contribution in [-0.2, 0) is 0 Å². The summed E-state index contributed by atoms with van der Waals surface area (Å²) in [4.78, 5) is 2.58. The lowest BCUT2D eigenvalue weighted by atomic mass is 9.96. The van der Waals surface area contributed by atoms with Crippen molar-refractivity contribution in [3.05, 3.63) is 0 Å². The van der Waals surface area contributed by atoms with Crippen LogP contribution in [0.25, 0.3) is 0 Å². The highest BCUT2D eigenvalue weighted by Crippen LogP contribution is 2.16. The Morgan fingerprint density at radius 3 is 2.62 bits per heavy atom. The van der Waals surface area contributed by atoms with Gasteiger partial charge in [-0.1, -0.05) is 20.8 Å². The Kier molecular flexibility index (Phi) is 3.74. The first-order valence-electron chi connectivity index (χ1n) is 5.43. The molecular formula is C11H24N2. The van der Waals surface area contributed by atoms with Crippen LogP contribution in [0.15, 0.2) is 0 Å². The van der Waals surface area contributed by atoms with Gasteiger partial charge in [-0.05, 0) is 25.3 Å². The molecule has 1 unspecified atom stereocenters. The van der Waals surface area contributed by atoms with Crippen LogP contribution < -0.4 is 5.32 Å². The van der Waals surface area contributed by atoms with Crippen LogP contribution >= 0.6 is 0 Å². The number of nitrogens with zero attached hydrogens (tertiary/aromatic N) is 1. The van der Waals surface area contributed by atoms with E-state index < -0.39 is 0 Å². The molecule has 0 aromatic heterocycles. The maximum atomic E-state index is 3.52. The van der Waals surface area contributed by atoms with Gasteiger partial charge in [-0.2, -0.15) is 0 Å². The van der Waals surface area contributed by atoms with E-state index in [9.17, 15) is 0 Å². The number of rotatable bonds is 1. The molecule has 0 aliphatic carbocycles. The van der Waals surface area contributed by atoms with E-state index in [4.69, 9.17) is 0 Å². The summed E-state index contributed by atoms with van der Waals surface area (Å²) < 4.78 is 0. The minimum atomic E-state index is 0.438. The van der Waals surface area contributed by atoms with Crippen molar-refractivity contribution in [3.63, 3.8) is 0 Å². The minimum absolute atomic E-state index is 0.438. The molecule has 0 aromatic rings. The van der Waals surface area contributed by atoms with Crippen LogP contribution in [0.4, 0.5) is 0 Å². The molecule has 2 nitrogen and oxygen atoms in total. The van der Waals surface area contributed by atoms with Gasteiger partial charge in [0.15, 0.2) is 0 Å². The zero-order valence-electron chi connectivity index (χ0n) is 9.56. The van der Waals surface area contributed by atoms with E-state index in [-0.39, 0.29) is 0 Å². The molecule has 1 aliphatic heterocycles. The molecule has 1 saturated heterocycles. The van der Waals surface area contributed by atoms with E-state index >= 15 is 0 Å². The molecular weight excluding hydrogens is 160 g/mol. The molecule has 0 amide bonds. The molecule has 0 bridgehead atoms. The van der Waals surface area contributed by atoms with Crippen LogP contribution in [-0.4, -0.2) is 37.1 Å². The van der Waals surface area contributed by atoms with E-state index in [0.717, 1.165) is 6.54 Å². The van der Waals surface area contributed by atoms with Gasteiger partial charge >= 0.3 is 0 Å². The average molecular weight is 184 g/mol. The van der Waals surface area contributed by atoms with Gasteiger partial charge in [0, 0.05) is 25.7 Å². The number of nitrogens with one attached hydrogen (secondary N) is 1. The normalized spacial score (nSPS) is 27.2. The van der Waals surface area contributed by atoms with Crippen LogP contribution in [0.5, 0.6) is 0 Å². The lowest BCUT2D eigenvalue weighted by Gasteiger charge is -2.28. The van der Waals surface area contributed by atoms with Crippen molar-refractivity contribution >= 4 is 0 Å². The topological polar surface area (TPSA) is 15.3 Å². The first kappa shape index (κ1) is 11.0. The van der Waals surface area contributed by atoms with Gasteiger partial charge < -0.3 is 10.2 Å². The summed E-state index contributed by atoms with van der Waals surface area (Å²) in [5, 5.41) is 3.52. The molecule has 1 aliphatic rings. The Labute approximate surface area is 82.7 Å². The fourth-order valence-electron chi connectivity index (χ4n) is 1.89. The summed E-state index contributed by atoms with van der Waals surface area (Å²) >= 11 is 0. The number of hydrogen-bond donors (Lipinski definition) is 1. The van der Waals surface area contributed by atoms with Gasteiger partial charge in [-0.3, -0.25) is 0 Å². The van der Waals surface area contributed by atoms with E-state index in [1.165, 1.54) is 26.1 Å². The van der Waals surface area contributed by atoms with E-state index in [1.807, 2.05) is 0 Å². The summed E-state index contributed by atoms with van der Waals surface area (Å²) in [5.74, 6) is 0.